The fourth-order valence-corrected chi connectivity index (χ4v) is 0.863. The highest BCUT2D eigenvalue weighted by Crippen LogP contribution is 2.20. The van der Waals surface area contributed by atoms with E-state index in [1.807, 2.05) is 19.4 Å². The maximum absolute atomic E-state index is 10.7. The second kappa shape index (κ2) is 6.07. The third-order valence-corrected chi connectivity index (χ3v) is 2.20. The van der Waals surface area contributed by atoms with E-state index < -0.39 is 15.6 Å². The lowest BCUT2D eigenvalue weighted by atomic mass is 10.6. The zero-order valence-corrected chi connectivity index (χ0v) is 9.74. The van der Waals surface area contributed by atoms with Gasteiger partial charge in [-0.05, 0) is 0 Å². The summed E-state index contributed by atoms with van der Waals surface area (Å²) in [6.45, 7) is 1.87. The lowest BCUT2D eigenvalue weighted by Gasteiger charge is -2.15. The Bertz CT molecular complexity index is 355. The first-order valence-electron chi connectivity index (χ1n) is 4.35. The largest absolute Gasteiger partial charge is 0.522 e. The van der Waals surface area contributed by atoms with Gasteiger partial charge in [0.25, 0.3) is 0 Å². The molecule has 102 valence electrons. The van der Waals surface area contributed by atoms with E-state index in [0.717, 1.165) is 13.2 Å². The molecule has 0 saturated heterocycles. The molecule has 0 bridgehead atoms. The van der Waals surface area contributed by atoms with Crippen molar-refractivity contribution in [2.24, 2.45) is 0 Å². The Morgan fingerprint density at radius 1 is 1.35 bits per heavy atom. The molecule has 0 unspecified atom stereocenters. The normalized spacial score (nSPS) is 15.9. The fourth-order valence-electron chi connectivity index (χ4n) is 0.863. The Labute approximate surface area is 96.7 Å². The molecule has 1 rings (SSSR count). The van der Waals surface area contributed by atoms with Gasteiger partial charge in [-0.2, -0.15) is 21.6 Å². The highest BCUT2D eigenvalue weighted by molar-refractivity contribution is 7.86. The van der Waals surface area contributed by atoms with Gasteiger partial charge in [0.15, 0.2) is 0 Å². The van der Waals surface area contributed by atoms with E-state index in [1.54, 1.807) is 0 Å². The summed E-state index contributed by atoms with van der Waals surface area (Å²) in [5, 5.41) is 8.52. The van der Waals surface area contributed by atoms with E-state index in [-0.39, 0.29) is 6.61 Å². The van der Waals surface area contributed by atoms with E-state index in [4.69, 9.17) is 18.1 Å². The molecule has 1 aliphatic heterocycles. The molecule has 2 N–H and O–H groups in total. The van der Waals surface area contributed by atoms with Gasteiger partial charge in [-0.15, -0.1) is 0 Å². The van der Waals surface area contributed by atoms with Crippen molar-refractivity contribution in [3.8, 4) is 0 Å². The van der Waals surface area contributed by atoms with Crippen LogP contribution in [0.25, 0.3) is 0 Å². The second-order valence-electron chi connectivity index (χ2n) is 3.15. The van der Waals surface area contributed by atoms with Crippen molar-refractivity contribution in [2.45, 2.75) is 5.51 Å². The smallest absolute Gasteiger partial charge is 0.395 e. The van der Waals surface area contributed by atoms with Crippen LogP contribution in [-0.4, -0.2) is 60.3 Å². The predicted octanol–water partition coefficient (Wildman–Crippen LogP) is 0.0488. The van der Waals surface area contributed by atoms with Crippen LogP contribution in [0.1, 0.15) is 0 Å². The quantitative estimate of drug-likeness (QED) is 0.548. The van der Waals surface area contributed by atoms with Crippen LogP contribution in [0.5, 0.6) is 0 Å². The molecule has 0 spiro atoms. The number of hydrogen-bond acceptors (Lipinski definition) is 5. The van der Waals surface area contributed by atoms with Crippen molar-refractivity contribution in [1.29, 1.82) is 0 Å². The third-order valence-electron chi connectivity index (χ3n) is 1.62. The lowest BCUT2D eigenvalue weighted by molar-refractivity contribution is -0.0510. The predicted molar refractivity (Wildman–Crippen MR) is 53.2 cm³/mol. The van der Waals surface area contributed by atoms with Crippen molar-refractivity contribution in [1.82, 2.24) is 9.80 Å². The van der Waals surface area contributed by atoms with E-state index in [1.165, 1.54) is 0 Å². The molecule has 0 fully saturated rings. The van der Waals surface area contributed by atoms with Gasteiger partial charge in [-0.25, -0.2) is 0 Å². The Morgan fingerprint density at radius 2 is 1.82 bits per heavy atom. The van der Waals surface area contributed by atoms with Gasteiger partial charge in [-0.1, -0.05) is 0 Å². The first kappa shape index (κ1) is 16.0. The SMILES string of the molecule is CN1C=CN(CCO)C1.O=S(=O)(O)C(F)(F)F. The molecule has 0 aromatic rings. The third kappa shape index (κ3) is 6.34. The van der Waals surface area contributed by atoms with Crippen LogP contribution in [0.2, 0.25) is 0 Å². The number of nitrogens with zero attached hydrogens (tertiary/aromatic N) is 2. The van der Waals surface area contributed by atoms with Crippen LogP contribution >= 0.6 is 0 Å². The minimum atomic E-state index is -5.84. The van der Waals surface area contributed by atoms with Gasteiger partial charge in [0.05, 0.1) is 13.3 Å². The monoisotopic (exact) mass is 278 g/mol. The molecule has 1 heterocycles. The van der Waals surface area contributed by atoms with Crippen LogP contribution in [0.4, 0.5) is 13.2 Å². The summed E-state index contributed by atoms with van der Waals surface area (Å²) in [5.41, 5.74) is -5.53. The number of aliphatic hydroxyl groups is 1. The van der Waals surface area contributed by atoms with Crippen molar-refractivity contribution in [3.63, 3.8) is 0 Å². The van der Waals surface area contributed by atoms with Crippen LogP contribution in [0.15, 0.2) is 12.4 Å². The molecule has 0 aliphatic carbocycles. The summed E-state index contributed by atoms with van der Waals surface area (Å²) in [7, 11) is -3.83. The average molecular weight is 278 g/mol. The molecule has 0 aromatic carbocycles. The fraction of sp³-hybridized carbons (Fsp3) is 0.714. The van der Waals surface area contributed by atoms with E-state index in [0.29, 0.717) is 0 Å². The summed E-state index contributed by atoms with van der Waals surface area (Å²) in [6.07, 6.45) is 3.98. The van der Waals surface area contributed by atoms with Gasteiger partial charge in [0.2, 0.25) is 0 Å². The summed E-state index contributed by atoms with van der Waals surface area (Å²) < 4.78 is 57.5. The number of halogens is 3. The molecule has 1 aliphatic rings. The van der Waals surface area contributed by atoms with Crippen molar-refractivity contribution < 1.29 is 31.2 Å². The van der Waals surface area contributed by atoms with Crippen molar-refractivity contribution in [3.05, 3.63) is 12.4 Å². The van der Waals surface area contributed by atoms with Crippen molar-refractivity contribution in [2.75, 3.05) is 26.9 Å². The average Bonchev–Trinajstić information content (AvgIpc) is 2.49. The summed E-state index contributed by atoms with van der Waals surface area (Å²) in [6, 6.07) is 0. The standard InChI is InChI=1S/C6H12N2O.CHF3O3S/c1-7-2-3-8(6-7)4-5-9;2-1(3,4)8(5,6)7/h2-3,9H,4-6H2,1H3;(H,5,6,7). The van der Waals surface area contributed by atoms with Gasteiger partial charge in [-0.3, -0.25) is 4.55 Å². The van der Waals surface area contributed by atoms with E-state index in [2.05, 4.69) is 9.80 Å². The molecule has 0 radical (unpaired) electrons. The minimum absolute atomic E-state index is 0.234. The van der Waals surface area contributed by atoms with E-state index >= 15 is 0 Å². The Kier molecular flexibility index (Phi) is 5.72. The number of rotatable bonds is 2. The lowest BCUT2D eigenvalue weighted by Crippen LogP contribution is -2.24. The van der Waals surface area contributed by atoms with Crippen LogP contribution in [-0.2, 0) is 10.1 Å². The number of alkyl halides is 3. The number of hydrogen-bond donors (Lipinski definition) is 2. The first-order valence-corrected chi connectivity index (χ1v) is 5.79. The molecule has 0 atom stereocenters. The zero-order chi connectivity index (χ0) is 13.7. The number of aliphatic hydroxyl groups excluding tert-OH is 1. The van der Waals surface area contributed by atoms with Gasteiger partial charge in [0, 0.05) is 26.0 Å². The molecule has 10 heteroatoms. The molecular weight excluding hydrogens is 265 g/mol. The molecular formula is C7H13F3N2O4S. The Balaban J connectivity index is 0.000000304. The number of β-amino-alcohol motifs (C(OH)–C–C–N with tert-alkyl or cyclic N) is 1. The van der Waals surface area contributed by atoms with Crippen LogP contribution < -0.4 is 0 Å². The zero-order valence-electron chi connectivity index (χ0n) is 8.92. The van der Waals surface area contributed by atoms with Gasteiger partial charge < -0.3 is 14.9 Å². The van der Waals surface area contributed by atoms with Gasteiger partial charge >= 0.3 is 15.6 Å². The summed E-state index contributed by atoms with van der Waals surface area (Å²) >= 11 is 0. The van der Waals surface area contributed by atoms with Crippen LogP contribution in [0.3, 0.4) is 0 Å². The first-order chi connectivity index (χ1) is 7.58. The topological polar surface area (TPSA) is 81.1 Å². The highest BCUT2D eigenvalue weighted by atomic mass is 32.2. The molecule has 17 heavy (non-hydrogen) atoms. The molecule has 0 amide bonds. The van der Waals surface area contributed by atoms with Gasteiger partial charge in [0.1, 0.15) is 0 Å². The maximum Gasteiger partial charge on any atom is 0.522 e. The molecule has 6 nitrogen and oxygen atoms in total. The van der Waals surface area contributed by atoms with E-state index in [9.17, 15) is 13.2 Å². The second-order valence-corrected chi connectivity index (χ2v) is 4.57. The summed E-state index contributed by atoms with van der Waals surface area (Å²) in [4.78, 5) is 4.12. The molecule has 0 aromatic heterocycles. The van der Waals surface area contributed by atoms with Crippen molar-refractivity contribution >= 4 is 10.1 Å². The molecule has 0 saturated carbocycles. The van der Waals surface area contributed by atoms with Crippen LogP contribution in [0, 0.1) is 0 Å². The minimum Gasteiger partial charge on any atom is -0.395 e. The summed E-state index contributed by atoms with van der Waals surface area (Å²) in [5.74, 6) is 0. The highest BCUT2D eigenvalue weighted by Gasteiger charge is 2.44. The maximum atomic E-state index is 10.7. The Morgan fingerprint density at radius 3 is 2.06 bits per heavy atom. The Hall–Kier alpha value is -1.00.